The van der Waals surface area contributed by atoms with Crippen molar-refractivity contribution in [3.8, 4) is 5.75 Å². The lowest BCUT2D eigenvalue weighted by atomic mass is 9.66. The van der Waals surface area contributed by atoms with Crippen LogP contribution in [0.5, 0.6) is 5.75 Å². The van der Waals surface area contributed by atoms with Crippen molar-refractivity contribution < 1.29 is 14.6 Å². The van der Waals surface area contributed by atoms with Gasteiger partial charge in [0.25, 0.3) is 0 Å². The highest BCUT2D eigenvalue weighted by Gasteiger charge is 2.50. The molecule has 3 atom stereocenters. The lowest BCUT2D eigenvalue weighted by Gasteiger charge is -2.49. The highest BCUT2D eigenvalue weighted by molar-refractivity contribution is 5.87. The first-order valence-corrected chi connectivity index (χ1v) is 9.20. The number of carboxylic acids is 1. The summed E-state index contributed by atoms with van der Waals surface area (Å²) in [6, 6.07) is 14.1. The molecule has 4 heteroatoms. The van der Waals surface area contributed by atoms with Gasteiger partial charge in [-0.3, -0.25) is 0 Å². The fourth-order valence-corrected chi connectivity index (χ4v) is 5.14. The zero-order chi connectivity index (χ0) is 18.5. The molecule has 1 aliphatic heterocycles. The summed E-state index contributed by atoms with van der Waals surface area (Å²) in [6.45, 7) is 2.38. The zero-order valence-corrected chi connectivity index (χ0v) is 15.5. The van der Waals surface area contributed by atoms with E-state index < -0.39 is 5.97 Å². The van der Waals surface area contributed by atoms with Crippen molar-refractivity contribution >= 4 is 11.7 Å². The second-order valence-electron chi connectivity index (χ2n) is 7.78. The molecule has 2 aromatic rings. The Balaban J connectivity index is 1.82. The van der Waals surface area contributed by atoms with E-state index in [0.717, 1.165) is 5.75 Å². The number of fused-ring (bicyclic) bond motifs is 3. The second-order valence-corrected chi connectivity index (χ2v) is 7.78. The number of benzene rings is 2. The van der Waals surface area contributed by atoms with Crippen LogP contribution in [0.4, 0.5) is 5.69 Å². The maximum absolute atomic E-state index is 11.2. The van der Waals surface area contributed by atoms with Crippen molar-refractivity contribution in [3.63, 3.8) is 0 Å². The summed E-state index contributed by atoms with van der Waals surface area (Å²) in [4.78, 5) is 13.6. The number of carbonyl (C=O) groups is 1. The van der Waals surface area contributed by atoms with E-state index in [1.165, 1.54) is 36.1 Å². The fraction of sp³-hybridized carbons (Fsp3) is 0.409. The van der Waals surface area contributed by atoms with E-state index >= 15 is 0 Å². The van der Waals surface area contributed by atoms with Crippen LogP contribution in [0.2, 0.25) is 0 Å². The molecule has 136 valence electrons. The molecule has 1 fully saturated rings. The number of methoxy groups -OCH3 is 1. The minimum atomic E-state index is -0.878. The topological polar surface area (TPSA) is 49.8 Å². The molecule has 4 rings (SSSR count). The van der Waals surface area contributed by atoms with Gasteiger partial charge in [-0.2, -0.15) is 0 Å². The fourth-order valence-electron chi connectivity index (χ4n) is 5.14. The molecule has 0 saturated heterocycles. The van der Waals surface area contributed by atoms with Crippen LogP contribution >= 0.6 is 0 Å². The number of anilines is 1. The number of rotatable bonds is 3. The predicted molar refractivity (Wildman–Crippen MR) is 102 cm³/mol. The smallest absolute Gasteiger partial charge is 0.335 e. The molecule has 0 aromatic heterocycles. The van der Waals surface area contributed by atoms with Crippen molar-refractivity contribution in [2.75, 3.05) is 19.1 Å². The number of hydrogen-bond donors (Lipinski definition) is 1. The first-order chi connectivity index (χ1) is 12.5. The summed E-state index contributed by atoms with van der Waals surface area (Å²) >= 11 is 0. The van der Waals surface area contributed by atoms with Gasteiger partial charge in [0.05, 0.1) is 18.7 Å². The number of carboxylic acid groups (broad SMARTS) is 1. The van der Waals surface area contributed by atoms with E-state index in [2.05, 4.69) is 31.0 Å². The summed E-state index contributed by atoms with van der Waals surface area (Å²) < 4.78 is 5.48. The maximum Gasteiger partial charge on any atom is 0.335 e. The molecule has 2 aromatic carbocycles. The summed E-state index contributed by atoms with van der Waals surface area (Å²) in [7, 11) is 3.87. The first kappa shape index (κ1) is 17.0. The zero-order valence-electron chi connectivity index (χ0n) is 15.5. The third kappa shape index (κ3) is 2.39. The Morgan fingerprint density at radius 2 is 1.96 bits per heavy atom. The molecule has 0 bridgehead atoms. The first-order valence-electron chi connectivity index (χ1n) is 9.20. The average molecular weight is 351 g/mol. The van der Waals surface area contributed by atoms with Crippen molar-refractivity contribution in [1.82, 2.24) is 0 Å². The summed E-state index contributed by atoms with van der Waals surface area (Å²) in [6.07, 6.45) is 3.58. The van der Waals surface area contributed by atoms with Gasteiger partial charge in [-0.1, -0.05) is 25.5 Å². The largest absolute Gasteiger partial charge is 0.497 e. The molecule has 0 spiro atoms. The van der Waals surface area contributed by atoms with E-state index in [9.17, 15) is 9.90 Å². The molecule has 4 nitrogen and oxygen atoms in total. The molecule has 1 aliphatic carbocycles. The van der Waals surface area contributed by atoms with Crippen LogP contribution in [0.3, 0.4) is 0 Å². The molecule has 26 heavy (non-hydrogen) atoms. The van der Waals surface area contributed by atoms with Gasteiger partial charge in [0.2, 0.25) is 0 Å². The molecule has 0 radical (unpaired) electrons. The molecule has 1 N–H and O–H groups in total. The summed E-state index contributed by atoms with van der Waals surface area (Å²) in [5.41, 5.74) is 4.27. The Hall–Kier alpha value is -2.49. The third-order valence-corrected chi connectivity index (χ3v) is 6.53. The minimum absolute atomic E-state index is 0.118. The molecule has 0 amide bonds. The van der Waals surface area contributed by atoms with E-state index in [1.54, 1.807) is 19.2 Å². The van der Waals surface area contributed by atoms with Gasteiger partial charge in [-0.15, -0.1) is 0 Å². The van der Waals surface area contributed by atoms with Gasteiger partial charge in [0.1, 0.15) is 5.75 Å². The standard InChI is InChI=1S/C22H25NO3/c1-22-12-4-5-17(22)20(14-6-8-15(9-7-14)21(24)25)23(2)19-11-10-16(26-3)13-18(19)22/h6-11,13,17,20H,4-5,12H2,1-3H3,(H,24,25)/t17-,20+,22-/m1/s1. The van der Waals surface area contributed by atoms with Gasteiger partial charge < -0.3 is 14.7 Å². The Kier molecular flexibility index (Phi) is 3.94. The molecular formula is C22H25NO3. The lowest BCUT2D eigenvalue weighted by Crippen LogP contribution is -2.44. The van der Waals surface area contributed by atoms with E-state index in [4.69, 9.17) is 4.74 Å². The number of hydrogen-bond acceptors (Lipinski definition) is 3. The molecule has 2 aliphatic rings. The SMILES string of the molecule is COc1ccc2c(c1)[C@]1(C)CCC[C@@H]1[C@H](c1ccc(C(=O)O)cc1)N2C. The monoisotopic (exact) mass is 351 g/mol. The molecule has 1 heterocycles. The van der Waals surface area contributed by atoms with Crippen molar-refractivity contribution in [2.45, 2.75) is 37.6 Å². The van der Waals surface area contributed by atoms with Crippen molar-refractivity contribution in [2.24, 2.45) is 5.92 Å². The predicted octanol–water partition coefficient (Wildman–Crippen LogP) is 4.64. The number of ether oxygens (including phenoxy) is 1. The van der Waals surface area contributed by atoms with E-state index in [-0.39, 0.29) is 11.5 Å². The Bertz CT molecular complexity index is 845. The van der Waals surface area contributed by atoms with Gasteiger partial charge in [-0.05, 0) is 65.6 Å². The third-order valence-electron chi connectivity index (χ3n) is 6.53. The van der Waals surface area contributed by atoms with Crippen LogP contribution in [0.25, 0.3) is 0 Å². The van der Waals surface area contributed by atoms with Crippen molar-refractivity contribution in [1.29, 1.82) is 0 Å². The van der Waals surface area contributed by atoms with Crippen LogP contribution in [0.15, 0.2) is 42.5 Å². The van der Waals surface area contributed by atoms with Gasteiger partial charge in [-0.25, -0.2) is 4.79 Å². The average Bonchev–Trinajstić information content (AvgIpc) is 3.04. The highest BCUT2D eigenvalue weighted by atomic mass is 16.5. The van der Waals surface area contributed by atoms with E-state index in [0.29, 0.717) is 11.5 Å². The summed E-state index contributed by atoms with van der Waals surface area (Å²) in [5.74, 6) is 0.535. The maximum atomic E-state index is 11.2. The Labute approximate surface area is 154 Å². The number of aromatic carboxylic acids is 1. The highest BCUT2D eigenvalue weighted by Crippen LogP contribution is 2.58. The van der Waals surface area contributed by atoms with Gasteiger partial charge in [0, 0.05) is 12.7 Å². The molecule has 1 saturated carbocycles. The molecule has 0 unspecified atom stereocenters. The van der Waals surface area contributed by atoms with Gasteiger partial charge >= 0.3 is 5.97 Å². The second kappa shape index (κ2) is 6.04. The Morgan fingerprint density at radius 3 is 2.62 bits per heavy atom. The van der Waals surface area contributed by atoms with Crippen molar-refractivity contribution in [3.05, 3.63) is 59.2 Å². The lowest BCUT2D eigenvalue weighted by molar-refractivity contribution is 0.0697. The Morgan fingerprint density at radius 1 is 1.23 bits per heavy atom. The normalized spacial score (nSPS) is 27.0. The van der Waals surface area contributed by atoms with Crippen LogP contribution in [0, 0.1) is 5.92 Å². The van der Waals surface area contributed by atoms with Crippen LogP contribution in [-0.4, -0.2) is 25.2 Å². The van der Waals surface area contributed by atoms with Gasteiger partial charge in [0.15, 0.2) is 0 Å². The quantitative estimate of drug-likeness (QED) is 0.875. The molecular weight excluding hydrogens is 326 g/mol. The van der Waals surface area contributed by atoms with Crippen LogP contribution < -0.4 is 9.64 Å². The summed E-state index contributed by atoms with van der Waals surface area (Å²) in [5, 5.41) is 9.19. The van der Waals surface area contributed by atoms with Crippen LogP contribution in [0.1, 0.15) is 53.7 Å². The van der Waals surface area contributed by atoms with Crippen LogP contribution in [-0.2, 0) is 5.41 Å². The number of nitrogens with zero attached hydrogens (tertiary/aromatic N) is 1. The minimum Gasteiger partial charge on any atom is -0.497 e. The van der Waals surface area contributed by atoms with E-state index in [1.807, 2.05) is 18.2 Å².